The van der Waals surface area contributed by atoms with Crippen LogP contribution < -0.4 is 0 Å². The Balaban J connectivity index is 2.22. The number of rotatable bonds is 0. The lowest BCUT2D eigenvalue weighted by molar-refractivity contribution is 0.402. The number of hydrogen-bond acceptors (Lipinski definition) is 4. The summed E-state index contributed by atoms with van der Waals surface area (Å²) in [5, 5.41) is 0. The van der Waals surface area contributed by atoms with Gasteiger partial charge in [-0.05, 0) is 19.3 Å². The number of hydrogen-bond donors (Lipinski definition) is 0. The third-order valence-electron chi connectivity index (χ3n) is 2.45. The fraction of sp³-hybridized carbons (Fsp3) is 0.667. The van der Waals surface area contributed by atoms with Crippen molar-refractivity contribution in [2.45, 2.75) is 31.5 Å². The van der Waals surface area contributed by atoms with E-state index in [9.17, 15) is 0 Å². The van der Waals surface area contributed by atoms with Crippen LogP contribution in [0.2, 0.25) is 0 Å². The minimum absolute atomic E-state index is 0.122. The average molecular weight is 195 g/mol. The van der Waals surface area contributed by atoms with Crippen molar-refractivity contribution in [3.63, 3.8) is 0 Å². The quantitative estimate of drug-likeness (QED) is 0.545. The monoisotopic (exact) mass is 195 g/mol. The van der Waals surface area contributed by atoms with E-state index >= 15 is 0 Å². The minimum atomic E-state index is 0.122. The van der Waals surface area contributed by atoms with Crippen molar-refractivity contribution in [1.82, 2.24) is 4.90 Å². The molecule has 0 radical (unpaired) electrons. The Morgan fingerprint density at radius 2 is 2.38 bits per heavy atom. The molecule has 70 valence electrons. The highest BCUT2D eigenvalue weighted by molar-refractivity contribution is 7.80. The predicted octanol–water partition coefficient (Wildman–Crippen LogP) is 1.28. The lowest BCUT2D eigenvalue weighted by Gasteiger charge is -2.22. The molecule has 13 heavy (non-hydrogen) atoms. The molecule has 0 aromatic carbocycles. The molecule has 2 aliphatic heterocycles. The number of nitrogens with zero attached hydrogens (tertiary/aromatic N) is 3. The zero-order chi connectivity index (χ0) is 9.26. The van der Waals surface area contributed by atoms with Crippen molar-refractivity contribution in [2.75, 3.05) is 7.05 Å². The fourth-order valence-corrected chi connectivity index (χ4v) is 2.01. The lowest BCUT2D eigenvalue weighted by Crippen LogP contribution is -2.36. The molecule has 4 heteroatoms. The molecule has 2 aliphatic rings. The SMILES string of the molecule is CN1C=NC2C(=S)CCCC=NC21. The van der Waals surface area contributed by atoms with E-state index in [0.29, 0.717) is 0 Å². The molecule has 0 fully saturated rings. The van der Waals surface area contributed by atoms with Crippen LogP contribution in [0.1, 0.15) is 19.3 Å². The Labute approximate surface area is 83.6 Å². The second kappa shape index (κ2) is 3.54. The molecular weight excluding hydrogens is 182 g/mol. The van der Waals surface area contributed by atoms with Gasteiger partial charge in [-0.25, -0.2) is 0 Å². The maximum absolute atomic E-state index is 5.33. The van der Waals surface area contributed by atoms with Crippen molar-refractivity contribution in [3.05, 3.63) is 0 Å². The second-order valence-electron chi connectivity index (χ2n) is 3.48. The summed E-state index contributed by atoms with van der Waals surface area (Å²) < 4.78 is 0. The molecule has 0 saturated heterocycles. The van der Waals surface area contributed by atoms with Crippen molar-refractivity contribution < 1.29 is 0 Å². The largest absolute Gasteiger partial charge is 0.342 e. The Morgan fingerprint density at radius 1 is 1.54 bits per heavy atom. The lowest BCUT2D eigenvalue weighted by atomic mass is 10.0. The van der Waals surface area contributed by atoms with E-state index in [1.54, 1.807) is 0 Å². The first kappa shape index (κ1) is 8.81. The van der Waals surface area contributed by atoms with Gasteiger partial charge >= 0.3 is 0 Å². The van der Waals surface area contributed by atoms with Crippen LogP contribution in [-0.4, -0.2) is 41.6 Å². The number of aliphatic imine (C=N–C) groups is 2. The van der Waals surface area contributed by atoms with Crippen LogP contribution in [0.4, 0.5) is 0 Å². The van der Waals surface area contributed by atoms with Crippen molar-refractivity contribution in [1.29, 1.82) is 0 Å². The molecule has 0 spiro atoms. The van der Waals surface area contributed by atoms with Gasteiger partial charge in [0.25, 0.3) is 0 Å². The van der Waals surface area contributed by atoms with Gasteiger partial charge in [-0.1, -0.05) is 12.2 Å². The zero-order valence-corrected chi connectivity index (χ0v) is 8.50. The Bertz CT molecular complexity index is 272. The molecule has 2 heterocycles. The van der Waals surface area contributed by atoms with Crippen LogP contribution in [0.3, 0.4) is 0 Å². The smallest absolute Gasteiger partial charge is 0.148 e. The van der Waals surface area contributed by atoms with Crippen molar-refractivity contribution >= 4 is 29.6 Å². The third kappa shape index (κ3) is 1.63. The maximum Gasteiger partial charge on any atom is 0.148 e. The highest BCUT2D eigenvalue weighted by atomic mass is 32.1. The molecule has 3 nitrogen and oxygen atoms in total. The van der Waals surface area contributed by atoms with Gasteiger partial charge in [0.1, 0.15) is 12.2 Å². The first-order valence-corrected chi connectivity index (χ1v) is 4.99. The molecule has 0 aromatic rings. The van der Waals surface area contributed by atoms with Crippen LogP contribution in [0.25, 0.3) is 0 Å². The summed E-state index contributed by atoms with van der Waals surface area (Å²) in [7, 11) is 2.00. The van der Waals surface area contributed by atoms with Crippen LogP contribution >= 0.6 is 12.2 Å². The van der Waals surface area contributed by atoms with Crippen molar-refractivity contribution in [3.8, 4) is 0 Å². The third-order valence-corrected chi connectivity index (χ3v) is 2.90. The molecule has 0 aromatic heterocycles. The first-order chi connectivity index (χ1) is 6.29. The molecule has 2 rings (SSSR count). The van der Waals surface area contributed by atoms with Crippen LogP contribution in [-0.2, 0) is 0 Å². The molecular formula is C9H13N3S. The number of thiocarbonyl (C=S) groups is 1. The van der Waals surface area contributed by atoms with E-state index in [1.807, 2.05) is 24.5 Å². The summed E-state index contributed by atoms with van der Waals surface area (Å²) in [5.74, 6) is 0. The number of fused-ring (bicyclic) bond motifs is 1. The Morgan fingerprint density at radius 3 is 3.23 bits per heavy atom. The first-order valence-electron chi connectivity index (χ1n) is 4.58. The van der Waals surface area contributed by atoms with E-state index in [-0.39, 0.29) is 12.2 Å². The van der Waals surface area contributed by atoms with Crippen LogP contribution in [0.5, 0.6) is 0 Å². The molecule has 2 unspecified atom stereocenters. The van der Waals surface area contributed by atoms with Gasteiger partial charge < -0.3 is 4.90 Å². The predicted molar refractivity (Wildman–Crippen MR) is 58.8 cm³/mol. The minimum Gasteiger partial charge on any atom is -0.342 e. The molecule has 0 aliphatic carbocycles. The molecule has 0 N–H and O–H groups in total. The van der Waals surface area contributed by atoms with E-state index in [1.165, 1.54) is 0 Å². The van der Waals surface area contributed by atoms with Gasteiger partial charge in [-0.3, -0.25) is 9.98 Å². The second-order valence-corrected chi connectivity index (χ2v) is 4.00. The normalized spacial score (nSPS) is 33.0. The Hall–Kier alpha value is -0.770. The topological polar surface area (TPSA) is 28.0 Å². The van der Waals surface area contributed by atoms with Gasteiger partial charge in [0.15, 0.2) is 0 Å². The highest BCUT2D eigenvalue weighted by Crippen LogP contribution is 2.19. The van der Waals surface area contributed by atoms with E-state index in [4.69, 9.17) is 12.2 Å². The summed E-state index contributed by atoms with van der Waals surface area (Å²) >= 11 is 5.33. The average Bonchev–Trinajstić information content (AvgIpc) is 2.43. The molecule has 2 atom stereocenters. The number of likely N-dealkylation sites (N-methyl/N-ethyl adjacent to an activating group) is 1. The molecule has 0 amide bonds. The molecule has 0 saturated carbocycles. The van der Waals surface area contributed by atoms with Crippen molar-refractivity contribution in [2.24, 2.45) is 9.98 Å². The molecule has 0 bridgehead atoms. The zero-order valence-electron chi connectivity index (χ0n) is 7.68. The van der Waals surface area contributed by atoms with E-state index < -0.39 is 0 Å². The van der Waals surface area contributed by atoms with E-state index in [0.717, 1.165) is 24.1 Å². The fourth-order valence-electron chi connectivity index (χ4n) is 1.68. The summed E-state index contributed by atoms with van der Waals surface area (Å²) in [6, 6.07) is 0.122. The highest BCUT2D eigenvalue weighted by Gasteiger charge is 2.30. The van der Waals surface area contributed by atoms with E-state index in [2.05, 4.69) is 9.98 Å². The summed E-state index contributed by atoms with van der Waals surface area (Å²) in [4.78, 5) is 11.9. The maximum atomic E-state index is 5.33. The van der Waals surface area contributed by atoms with Gasteiger partial charge in [0.2, 0.25) is 0 Å². The van der Waals surface area contributed by atoms with Gasteiger partial charge in [0.05, 0.1) is 6.34 Å². The standard InChI is InChI=1S/C9H13N3S/c1-12-6-11-8-7(13)4-2-3-5-10-9(8)12/h5-6,8-9H,2-4H2,1H3. The summed E-state index contributed by atoms with van der Waals surface area (Å²) in [6.45, 7) is 0. The van der Waals surface area contributed by atoms with Crippen LogP contribution in [0, 0.1) is 0 Å². The van der Waals surface area contributed by atoms with Gasteiger partial charge in [-0.15, -0.1) is 0 Å². The van der Waals surface area contributed by atoms with Gasteiger partial charge in [0, 0.05) is 18.1 Å². The summed E-state index contributed by atoms with van der Waals surface area (Å²) in [5.41, 5.74) is 0. The van der Waals surface area contributed by atoms with Crippen LogP contribution in [0.15, 0.2) is 9.98 Å². The Kier molecular flexibility index (Phi) is 2.40. The summed E-state index contributed by atoms with van der Waals surface area (Å²) in [6.07, 6.45) is 7.14. The van der Waals surface area contributed by atoms with Gasteiger partial charge in [-0.2, -0.15) is 0 Å².